The van der Waals surface area contributed by atoms with Gasteiger partial charge in [-0.05, 0) is 30.2 Å². The molecule has 0 unspecified atom stereocenters. The second-order valence-electron chi connectivity index (χ2n) is 5.24. The molecular formula is C16H20N2O2S. The first-order valence-corrected chi connectivity index (χ1v) is 8.54. The van der Waals surface area contributed by atoms with Gasteiger partial charge in [0.2, 0.25) is 0 Å². The molecule has 0 radical (unpaired) electrons. The minimum atomic E-state index is -3.32. The summed E-state index contributed by atoms with van der Waals surface area (Å²) in [5.74, 6) is 0. The fraction of sp³-hybridized carbons (Fsp3) is 0.250. The van der Waals surface area contributed by atoms with Gasteiger partial charge in [0.1, 0.15) is 0 Å². The Morgan fingerprint density at radius 2 is 1.76 bits per heavy atom. The van der Waals surface area contributed by atoms with E-state index in [4.69, 9.17) is 5.73 Å². The van der Waals surface area contributed by atoms with Gasteiger partial charge in [0.15, 0.2) is 9.84 Å². The molecule has 0 fully saturated rings. The quantitative estimate of drug-likeness (QED) is 0.882. The van der Waals surface area contributed by atoms with E-state index in [1.165, 1.54) is 23.4 Å². The topological polar surface area (TPSA) is 63.4 Å². The molecule has 5 heteroatoms. The fourth-order valence-electron chi connectivity index (χ4n) is 2.32. The van der Waals surface area contributed by atoms with Crippen molar-refractivity contribution in [3.63, 3.8) is 0 Å². The van der Waals surface area contributed by atoms with E-state index < -0.39 is 9.84 Å². The zero-order valence-corrected chi connectivity index (χ0v) is 13.3. The number of hydrogen-bond acceptors (Lipinski definition) is 4. The molecule has 2 N–H and O–H groups in total. The summed E-state index contributed by atoms with van der Waals surface area (Å²) in [5, 5.41) is 0. The lowest BCUT2D eigenvalue weighted by atomic mass is 10.1. The summed E-state index contributed by atoms with van der Waals surface area (Å²) in [6, 6.07) is 13.2. The second-order valence-corrected chi connectivity index (χ2v) is 7.23. The molecule has 0 heterocycles. The lowest BCUT2D eigenvalue weighted by Gasteiger charge is -2.23. The molecule has 0 atom stereocenters. The Morgan fingerprint density at radius 1 is 1.10 bits per heavy atom. The van der Waals surface area contributed by atoms with Crippen LogP contribution < -0.4 is 10.6 Å². The first-order valence-electron chi connectivity index (χ1n) is 6.65. The van der Waals surface area contributed by atoms with Gasteiger partial charge in [0.25, 0.3) is 0 Å². The average molecular weight is 304 g/mol. The molecular weight excluding hydrogens is 284 g/mol. The van der Waals surface area contributed by atoms with Crippen molar-refractivity contribution in [2.24, 2.45) is 0 Å². The van der Waals surface area contributed by atoms with Crippen LogP contribution >= 0.6 is 0 Å². The smallest absolute Gasteiger partial charge is 0.177 e. The minimum Gasteiger partial charge on any atom is -0.396 e. The number of anilines is 2. The van der Waals surface area contributed by atoms with Gasteiger partial charge in [-0.15, -0.1) is 0 Å². The summed E-state index contributed by atoms with van der Waals surface area (Å²) in [6.07, 6.45) is 1.17. The Balaban J connectivity index is 2.37. The Bertz CT molecular complexity index is 755. The molecule has 2 aromatic rings. The highest BCUT2D eigenvalue weighted by molar-refractivity contribution is 7.90. The number of nitrogens with zero attached hydrogens (tertiary/aromatic N) is 1. The van der Waals surface area contributed by atoms with E-state index in [0.717, 1.165) is 5.69 Å². The van der Waals surface area contributed by atoms with Crippen molar-refractivity contribution < 1.29 is 8.42 Å². The monoisotopic (exact) mass is 304 g/mol. The van der Waals surface area contributed by atoms with Gasteiger partial charge in [-0.1, -0.05) is 30.3 Å². The number of aryl methyl sites for hydroxylation is 1. The number of nitrogen functional groups attached to an aromatic ring is 1. The van der Waals surface area contributed by atoms with Crippen LogP contribution in [0.25, 0.3) is 0 Å². The van der Waals surface area contributed by atoms with Crippen molar-refractivity contribution in [1.29, 1.82) is 0 Å². The van der Waals surface area contributed by atoms with Crippen molar-refractivity contribution in [2.75, 3.05) is 23.9 Å². The SMILES string of the molecule is Cc1ccccc1CN(C)c1cccc(S(C)(=O)=O)c1N. The number of sulfone groups is 1. The fourth-order valence-corrected chi connectivity index (χ4v) is 3.15. The van der Waals surface area contributed by atoms with Gasteiger partial charge in [-0.25, -0.2) is 8.42 Å². The number of hydrogen-bond donors (Lipinski definition) is 1. The summed E-state index contributed by atoms with van der Waals surface area (Å²) in [5.41, 5.74) is 9.45. The van der Waals surface area contributed by atoms with E-state index in [0.29, 0.717) is 12.2 Å². The summed E-state index contributed by atoms with van der Waals surface area (Å²) in [6.45, 7) is 2.73. The maximum absolute atomic E-state index is 11.7. The minimum absolute atomic E-state index is 0.177. The predicted octanol–water partition coefficient (Wildman–Crippen LogP) is 2.62. The zero-order chi connectivity index (χ0) is 15.6. The molecule has 2 rings (SSSR count). The molecule has 0 amide bonds. The highest BCUT2D eigenvalue weighted by Crippen LogP contribution is 2.30. The van der Waals surface area contributed by atoms with E-state index in [9.17, 15) is 8.42 Å². The third kappa shape index (κ3) is 3.36. The molecule has 0 aliphatic heterocycles. The number of nitrogens with two attached hydrogens (primary N) is 1. The van der Waals surface area contributed by atoms with Crippen molar-refractivity contribution in [3.8, 4) is 0 Å². The van der Waals surface area contributed by atoms with E-state index >= 15 is 0 Å². The highest BCUT2D eigenvalue weighted by atomic mass is 32.2. The van der Waals surface area contributed by atoms with E-state index in [1.807, 2.05) is 30.1 Å². The van der Waals surface area contributed by atoms with Crippen molar-refractivity contribution >= 4 is 21.2 Å². The van der Waals surface area contributed by atoms with Crippen LogP contribution in [-0.4, -0.2) is 21.7 Å². The van der Waals surface area contributed by atoms with Crippen LogP contribution in [0.1, 0.15) is 11.1 Å². The molecule has 0 saturated carbocycles. The molecule has 0 saturated heterocycles. The standard InChI is InChI=1S/C16H20N2O2S/c1-12-7-4-5-8-13(12)11-18(2)14-9-6-10-15(16(14)17)21(3,19)20/h4-10H,11,17H2,1-3H3. The van der Waals surface area contributed by atoms with Crippen LogP contribution in [0.15, 0.2) is 47.4 Å². The largest absolute Gasteiger partial charge is 0.396 e. The highest BCUT2D eigenvalue weighted by Gasteiger charge is 2.16. The molecule has 0 aliphatic carbocycles. The Hall–Kier alpha value is -2.01. The average Bonchev–Trinajstić information content (AvgIpc) is 2.40. The second kappa shape index (κ2) is 5.77. The predicted molar refractivity (Wildman–Crippen MR) is 87.3 cm³/mol. The number of rotatable bonds is 4. The third-order valence-electron chi connectivity index (χ3n) is 3.52. The van der Waals surface area contributed by atoms with Crippen LogP contribution in [0.4, 0.5) is 11.4 Å². The Labute approximate surface area is 126 Å². The van der Waals surface area contributed by atoms with E-state index in [-0.39, 0.29) is 4.90 Å². The number of benzene rings is 2. The summed E-state index contributed by atoms with van der Waals surface area (Å²) < 4.78 is 23.5. The molecule has 0 bridgehead atoms. The van der Waals surface area contributed by atoms with Crippen LogP contribution in [0.5, 0.6) is 0 Å². The molecule has 4 nitrogen and oxygen atoms in total. The first-order chi connectivity index (χ1) is 9.80. The zero-order valence-electron chi connectivity index (χ0n) is 12.5. The van der Waals surface area contributed by atoms with Crippen LogP contribution in [0, 0.1) is 6.92 Å². The van der Waals surface area contributed by atoms with Gasteiger partial charge in [0.05, 0.1) is 16.3 Å². The van der Waals surface area contributed by atoms with Crippen LogP contribution in [0.2, 0.25) is 0 Å². The van der Waals surface area contributed by atoms with E-state index in [2.05, 4.69) is 19.1 Å². The van der Waals surface area contributed by atoms with Crippen molar-refractivity contribution in [3.05, 3.63) is 53.6 Å². The van der Waals surface area contributed by atoms with Crippen molar-refractivity contribution in [2.45, 2.75) is 18.4 Å². The molecule has 112 valence electrons. The first kappa shape index (κ1) is 15.4. The maximum Gasteiger partial charge on any atom is 0.177 e. The van der Waals surface area contributed by atoms with Crippen LogP contribution in [-0.2, 0) is 16.4 Å². The molecule has 0 aliphatic rings. The molecule has 0 aromatic heterocycles. The van der Waals surface area contributed by atoms with E-state index in [1.54, 1.807) is 6.07 Å². The summed E-state index contributed by atoms with van der Waals surface area (Å²) >= 11 is 0. The summed E-state index contributed by atoms with van der Waals surface area (Å²) in [7, 11) is -1.42. The maximum atomic E-state index is 11.7. The third-order valence-corrected chi connectivity index (χ3v) is 4.68. The van der Waals surface area contributed by atoms with Gasteiger partial charge >= 0.3 is 0 Å². The molecule has 0 spiro atoms. The number of para-hydroxylation sites is 1. The normalized spacial score (nSPS) is 11.4. The van der Waals surface area contributed by atoms with Gasteiger partial charge in [-0.3, -0.25) is 0 Å². The van der Waals surface area contributed by atoms with Gasteiger partial charge in [-0.2, -0.15) is 0 Å². The van der Waals surface area contributed by atoms with Crippen molar-refractivity contribution in [1.82, 2.24) is 0 Å². The lowest BCUT2D eigenvalue weighted by molar-refractivity contribution is 0.602. The molecule has 2 aromatic carbocycles. The Kier molecular flexibility index (Phi) is 4.23. The summed E-state index contributed by atoms with van der Waals surface area (Å²) in [4.78, 5) is 2.14. The Morgan fingerprint density at radius 3 is 2.38 bits per heavy atom. The van der Waals surface area contributed by atoms with Gasteiger partial charge < -0.3 is 10.6 Å². The van der Waals surface area contributed by atoms with Crippen LogP contribution in [0.3, 0.4) is 0 Å². The lowest BCUT2D eigenvalue weighted by Crippen LogP contribution is -2.19. The molecule has 21 heavy (non-hydrogen) atoms. The van der Waals surface area contributed by atoms with Gasteiger partial charge in [0, 0.05) is 19.8 Å².